The van der Waals surface area contributed by atoms with Crippen LogP contribution in [0, 0.1) is 0 Å². The van der Waals surface area contributed by atoms with Crippen LogP contribution in [0.15, 0.2) is 0 Å². The molecule has 76 valence electrons. The highest BCUT2D eigenvalue weighted by atomic mass is 32.2. The third kappa shape index (κ3) is 2.03. The molecule has 2 fully saturated rings. The van der Waals surface area contributed by atoms with Gasteiger partial charge < -0.3 is 4.90 Å². The van der Waals surface area contributed by atoms with Gasteiger partial charge in [-0.1, -0.05) is 0 Å². The summed E-state index contributed by atoms with van der Waals surface area (Å²) in [7, 11) is -0.608. The van der Waals surface area contributed by atoms with Crippen LogP contribution in [0.1, 0.15) is 0 Å². The Balaban J connectivity index is 1.85. The minimum absolute atomic E-state index is 0.354. The SMILES string of the molecule is CN1CC(N2CCS(=O)(=O)CC2)C1. The quantitative estimate of drug-likeness (QED) is 0.551. The van der Waals surface area contributed by atoms with Crippen molar-refractivity contribution >= 4 is 9.84 Å². The summed E-state index contributed by atoms with van der Waals surface area (Å²) < 4.78 is 22.3. The van der Waals surface area contributed by atoms with Gasteiger partial charge in [0.1, 0.15) is 0 Å². The van der Waals surface area contributed by atoms with E-state index in [4.69, 9.17) is 0 Å². The number of hydrogen-bond acceptors (Lipinski definition) is 4. The Bertz CT molecular complexity index is 269. The topological polar surface area (TPSA) is 40.6 Å². The molecule has 2 aliphatic rings. The van der Waals surface area contributed by atoms with Crippen molar-refractivity contribution < 1.29 is 8.42 Å². The first-order valence-electron chi connectivity index (χ1n) is 4.70. The molecular weight excluding hydrogens is 188 g/mol. The molecule has 0 aromatic heterocycles. The van der Waals surface area contributed by atoms with E-state index in [1.807, 2.05) is 0 Å². The van der Waals surface area contributed by atoms with Crippen molar-refractivity contribution in [2.24, 2.45) is 0 Å². The Labute approximate surface area is 79.4 Å². The molecule has 0 bridgehead atoms. The Morgan fingerprint density at radius 3 is 2.15 bits per heavy atom. The third-order valence-electron chi connectivity index (χ3n) is 2.94. The van der Waals surface area contributed by atoms with Gasteiger partial charge in [-0.3, -0.25) is 4.90 Å². The first-order chi connectivity index (χ1) is 6.07. The highest BCUT2D eigenvalue weighted by Crippen LogP contribution is 2.15. The Morgan fingerprint density at radius 2 is 1.69 bits per heavy atom. The minimum Gasteiger partial charge on any atom is -0.303 e. The summed E-state index contributed by atoms with van der Waals surface area (Å²) in [4.78, 5) is 4.56. The molecule has 2 rings (SSSR count). The molecule has 0 aromatic carbocycles. The van der Waals surface area contributed by atoms with Crippen molar-refractivity contribution in [1.29, 1.82) is 0 Å². The van der Waals surface area contributed by atoms with E-state index >= 15 is 0 Å². The summed E-state index contributed by atoms with van der Waals surface area (Å²) in [6, 6.07) is 0.612. The predicted octanol–water partition coefficient (Wildman–Crippen LogP) is -0.969. The smallest absolute Gasteiger partial charge is 0.152 e. The van der Waals surface area contributed by atoms with E-state index in [0.29, 0.717) is 17.5 Å². The molecule has 0 saturated carbocycles. The monoisotopic (exact) mass is 204 g/mol. The normalized spacial score (nSPS) is 31.5. The maximum absolute atomic E-state index is 11.2. The molecule has 0 radical (unpaired) electrons. The molecule has 0 spiro atoms. The van der Waals surface area contributed by atoms with Gasteiger partial charge in [0.05, 0.1) is 11.5 Å². The van der Waals surface area contributed by atoms with Crippen LogP contribution in [0.4, 0.5) is 0 Å². The minimum atomic E-state index is -2.70. The van der Waals surface area contributed by atoms with Crippen molar-refractivity contribution in [3.8, 4) is 0 Å². The lowest BCUT2D eigenvalue weighted by atomic mass is 10.1. The summed E-state index contributed by atoms with van der Waals surface area (Å²) in [5.41, 5.74) is 0. The zero-order valence-electron chi connectivity index (χ0n) is 7.94. The molecule has 0 atom stereocenters. The number of hydrogen-bond donors (Lipinski definition) is 0. The van der Waals surface area contributed by atoms with E-state index in [9.17, 15) is 8.42 Å². The first kappa shape index (κ1) is 9.43. The van der Waals surface area contributed by atoms with Gasteiger partial charge in [-0.15, -0.1) is 0 Å². The van der Waals surface area contributed by atoms with E-state index in [-0.39, 0.29) is 0 Å². The van der Waals surface area contributed by atoms with Gasteiger partial charge >= 0.3 is 0 Å². The van der Waals surface area contributed by atoms with Gasteiger partial charge in [-0.05, 0) is 7.05 Å². The summed E-state index contributed by atoms with van der Waals surface area (Å²) in [5.74, 6) is 0.709. The van der Waals surface area contributed by atoms with Crippen LogP contribution in [-0.2, 0) is 9.84 Å². The first-order valence-corrected chi connectivity index (χ1v) is 6.52. The molecule has 4 nitrogen and oxygen atoms in total. The second-order valence-corrected chi connectivity index (χ2v) is 6.37. The molecule has 2 aliphatic heterocycles. The lowest BCUT2D eigenvalue weighted by Gasteiger charge is -2.44. The lowest BCUT2D eigenvalue weighted by molar-refractivity contribution is 0.0585. The molecule has 0 N–H and O–H groups in total. The van der Waals surface area contributed by atoms with Crippen LogP contribution in [0.2, 0.25) is 0 Å². The average molecular weight is 204 g/mol. The van der Waals surface area contributed by atoms with E-state index in [1.165, 1.54) is 0 Å². The highest BCUT2D eigenvalue weighted by Gasteiger charge is 2.32. The zero-order chi connectivity index (χ0) is 9.47. The van der Waals surface area contributed by atoms with Crippen molar-refractivity contribution in [1.82, 2.24) is 9.80 Å². The molecule has 0 amide bonds. The molecule has 5 heteroatoms. The van der Waals surface area contributed by atoms with Gasteiger partial charge in [0.25, 0.3) is 0 Å². The Hall–Kier alpha value is -0.130. The summed E-state index contributed by atoms with van der Waals surface area (Å²) in [6.45, 7) is 3.67. The molecule has 0 aliphatic carbocycles. The summed E-state index contributed by atoms with van der Waals surface area (Å²) in [5, 5.41) is 0. The second-order valence-electron chi connectivity index (χ2n) is 4.06. The van der Waals surface area contributed by atoms with Crippen LogP contribution in [-0.4, -0.2) is 69.0 Å². The maximum Gasteiger partial charge on any atom is 0.152 e. The van der Waals surface area contributed by atoms with Gasteiger partial charge in [-0.25, -0.2) is 8.42 Å². The molecule has 0 unspecified atom stereocenters. The summed E-state index contributed by atoms with van der Waals surface area (Å²) >= 11 is 0. The highest BCUT2D eigenvalue weighted by molar-refractivity contribution is 7.91. The third-order valence-corrected chi connectivity index (χ3v) is 4.55. The van der Waals surface area contributed by atoms with Gasteiger partial charge in [0.2, 0.25) is 0 Å². The van der Waals surface area contributed by atoms with Crippen LogP contribution >= 0.6 is 0 Å². The van der Waals surface area contributed by atoms with E-state index in [0.717, 1.165) is 26.2 Å². The van der Waals surface area contributed by atoms with Crippen molar-refractivity contribution in [2.75, 3.05) is 44.7 Å². The van der Waals surface area contributed by atoms with Crippen LogP contribution in [0.3, 0.4) is 0 Å². The van der Waals surface area contributed by atoms with Crippen LogP contribution in [0.25, 0.3) is 0 Å². The Morgan fingerprint density at radius 1 is 1.15 bits per heavy atom. The number of rotatable bonds is 1. The molecular formula is C8H16N2O2S. The molecule has 0 aromatic rings. The van der Waals surface area contributed by atoms with Crippen LogP contribution < -0.4 is 0 Å². The number of likely N-dealkylation sites (N-methyl/N-ethyl adjacent to an activating group) is 1. The van der Waals surface area contributed by atoms with Crippen LogP contribution in [0.5, 0.6) is 0 Å². The van der Waals surface area contributed by atoms with Gasteiger partial charge in [0, 0.05) is 32.2 Å². The van der Waals surface area contributed by atoms with Gasteiger partial charge in [-0.2, -0.15) is 0 Å². The maximum atomic E-state index is 11.2. The van der Waals surface area contributed by atoms with Crippen molar-refractivity contribution in [3.05, 3.63) is 0 Å². The molecule has 2 heterocycles. The number of likely N-dealkylation sites (tertiary alicyclic amines) is 1. The van der Waals surface area contributed by atoms with E-state index < -0.39 is 9.84 Å². The number of sulfone groups is 1. The Kier molecular flexibility index (Phi) is 2.33. The zero-order valence-corrected chi connectivity index (χ0v) is 8.76. The molecule has 2 saturated heterocycles. The average Bonchev–Trinajstić information content (AvgIpc) is 2.00. The van der Waals surface area contributed by atoms with Crippen molar-refractivity contribution in [3.63, 3.8) is 0 Å². The fourth-order valence-corrected chi connectivity index (χ4v) is 3.22. The van der Waals surface area contributed by atoms with E-state index in [1.54, 1.807) is 0 Å². The predicted molar refractivity (Wildman–Crippen MR) is 51.5 cm³/mol. The number of nitrogens with zero attached hydrogens (tertiary/aromatic N) is 2. The fraction of sp³-hybridized carbons (Fsp3) is 1.00. The van der Waals surface area contributed by atoms with Gasteiger partial charge in [0.15, 0.2) is 9.84 Å². The standard InChI is InChI=1S/C8H16N2O2S/c1-9-6-8(7-9)10-2-4-13(11,12)5-3-10/h8H,2-7H2,1H3. The fourth-order valence-electron chi connectivity index (χ4n) is 1.99. The molecule has 13 heavy (non-hydrogen) atoms. The second kappa shape index (κ2) is 3.22. The lowest BCUT2D eigenvalue weighted by Crippen LogP contribution is -2.60. The van der Waals surface area contributed by atoms with Crippen molar-refractivity contribution in [2.45, 2.75) is 6.04 Å². The largest absolute Gasteiger partial charge is 0.303 e. The van der Waals surface area contributed by atoms with E-state index in [2.05, 4.69) is 16.8 Å². The summed E-state index contributed by atoms with van der Waals surface area (Å²) in [6.07, 6.45) is 0.